The first-order valence-corrected chi connectivity index (χ1v) is 16.2. The van der Waals surface area contributed by atoms with Crippen molar-refractivity contribution in [3.05, 3.63) is 83.6 Å². The molecule has 13 heteroatoms. The number of anilines is 1. The van der Waals surface area contributed by atoms with Gasteiger partial charge in [0.15, 0.2) is 5.82 Å². The van der Waals surface area contributed by atoms with E-state index in [0.29, 0.717) is 24.0 Å². The molecule has 1 aromatic heterocycles. The van der Waals surface area contributed by atoms with Crippen LogP contribution in [0.15, 0.2) is 77.7 Å². The number of rotatable bonds is 10. The van der Waals surface area contributed by atoms with Gasteiger partial charge >= 0.3 is 0 Å². The van der Waals surface area contributed by atoms with E-state index in [-0.39, 0.29) is 34.3 Å². The van der Waals surface area contributed by atoms with Gasteiger partial charge in [-0.25, -0.2) is 13.6 Å². The molecule has 1 aliphatic carbocycles. The lowest BCUT2D eigenvalue weighted by Crippen LogP contribution is -2.48. The third-order valence-corrected chi connectivity index (χ3v) is 9.08. The Morgan fingerprint density at radius 2 is 1.48 bits per heavy atom. The van der Waals surface area contributed by atoms with Crippen molar-refractivity contribution < 1.29 is 18.0 Å². The van der Waals surface area contributed by atoms with Gasteiger partial charge < -0.3 is 21.4 Å². The summed E-state index contributed by atoms with van der Waals surface area (Å²) in [4.78, 5) is 29.7. The number of nitrogens with one attached hydrogen (secondary N) is 3. The third kappa shape index (κ3) is 7.88. The summed E-state index contributed by atoms with van der Waals surface area (Å²) in [6.45, 7) is 0.619. The Hall–Kier alpha value is -4.10. The van der Waals surface area contributed by atoms with Crippen LogP contribution in [0.2, 0.25) is 5.28 Å². The molecular formula is C31H34ClN7O4S. The lowest BCUT2D eigenvalue weighted by molar-refractivity contribution is -0.130. The van der Waals surface area contributed by atoms with Crippen LogP contribution in [0.25, 0.3) is 22.5 Å². The number of carbonyl (C=O) groups is 2. The van der Waals surface area contributed by atoms with Gasteiger partial charge in [0.1, 0.15) is 6.04 Å². The van der Waals surface area contributed by atoms with Crippen LogP contribution < -0.4 is 21.5 Å². The molecule has 44 heavy (non-hydrogen) atoms. The van der Waals surface area contributed by atoms with Gasteiger partial charge in [0.2, 0.25) is 27.1 Å². The Morgan fingerprint density at radius 1 is 0.886 bits per heavy atom. The Bertz CT molecular complexity index is 1700. The highest BCUT2D eigenvalue weighted by molar-refractivity contribution is 7.89. The number of hydrogen-bond acceptors (Lipinski definition) is 7. The van der Waals surface area contributed by atoms with E-state index in [1.165, 1.54) is 12.1 Å². The Balaban J connectivity index is 1.30. The molecule has 3 aromatic carbocycles. The number of amides is 2. The minimum absolute atomic E-state index is 0.0380. The lowest BCUT2D eigenvalue weighted by Gasteiger charge is -2.28. The molecule has 0 radical (unpaired) electrons. The molecule has 4 aromatic rings. The second-order valence-electron chi connectivity index (χ2n) is 11.0. The molecule has 1 heterocycles. The molecule has 1 aliphatic rings. The smallest absolute Gasteiger partial charge is 0.247 e. The van der Waals surface area contributed by atoms with Crippen LogP contribution in [0.3, 0.4) is 0 Å². The average molecular weight is 636 g/mol. The standard InChI is InChI=1S/C31H34ClN7O4S/c32-31-37-28(38-39-31)23-9-13-25(14-10-23)35-30(41)27(36-29(40)24-7-3-20(18-33)4-8-24)17-19-1-5-21(6-2-19)22-11-15-26(16-12-22)44(34,42)43/h1-2,5-6,9-16,20,24,27H,3-4,7-8,17-18,33H2,(H,35,41)(H,36,40)(H2,34,42,43)(H,37,38,39)/t20-,24-,27-/m0/s1. The summed E-state index contributed by atoms with van der Waals surface area (Å²) in [6, 6.07) is 20.1. The SMILES string of the molecule is NC[C@H]1CC[C@H](C(=O)N[C@@H](Cc2ccc(-c3ccc(S(N)(=O)=O)cc3)cc2)C(=O)Nc2ccc(-c3nnc(Cl)[nH]3)cc2)CC1. The average Bonchev–Trinajstić information content (AvgIpc) is 3.47. The fraction of sp³-hybridized carbons (Fsp3) is 0.290. The number of hydrogen-bond donors (Lipinski definition) is 5. The number of sulfonamides is 1. The largest absolute Gasteiger partial charge is 0.344 e. The Labute approximate surface area is 260 Å². The van der Waals surface area contributed by atoms with Gasteiger partial charge in [-0.3, -0.25) is 9.59 Å². The maximum atomic E-state index is 13.5. The first kappa shape index (κ1) is 31.3. The monoisotopic (exact) mass is 635 g/mol. The second kappa shape index (κ2) is 13.7. The second-order valence-corrected chi connectivity index (χ2v) is 12.9. The molecule has 0 unspecified atom stereocenters. The zero-order chi connectivity index (χ0) is 31.3. The third-order valence-electron chi connectivity index (χ3n) is 7.98. The molecule has 0 bridgehead atoms. The number of carbonyl (C=O) groups excluding carboxylic acids is 2. The van der Waals surface area contributed by atoms with Crippen LogP contribution in [0, 0.1) is 11.8 Å². The van der Waals surface area contributed by atoms with Crippen LogP contribution >= 0.6 is 11.6 Å². The van der Waals surface area contributed by atoms with E-state index in [1.807, 2.05) is 24.3 Å². The molecule has 11 nitrogen and oxygen atoms in total. The zero-order valence-electron chi connectivity index (χ0n) is 23.9. The molecule has 0 saturated heterocycles. The molecule has 230 valence electrons. The van der Waals surface area contributed by atoms with Gasteiger partial charge in [-0.15, -0.1) is 10.2 Å². The maximum absolute atomic E-state index is 13.5. The molecule has 7 N–H and O–H groups in total. The number of aromatic nitrogens is 3. The summed E-state index contributed by atoms with van der Waals surface area (Å²) in [5.74, 6) is 0.301. The first-order chi connectivity index (χ1) is 21.1. The van der Waals surface area contributed by atoms with E-state index in [9.17, 15) is 18.0 Å². The number of nitrogens with two attached hydrogens (primary N) is 2. The van der Waals surface area contributed by atoms with E-state index in [0.717, 1.165) is 47.9 Å². The number of halogens is 1. The predicted octanol–water partition coefficient (Wildman–Crippen LogP) is 3.87. The number of nitrogens with zero attached hydrogens (tertiary/aromatic N) is 2. The normalized spacial score (nSPS) is 17.5. The molecule has 1 atom stereocenters. The number of benzene rings is 3. The fourth-order valence-electron chi connectivity index (χ4n) is 5.38. The highest BCUT2D eigenvalue weighted by atomic mass is 35.5. The van der Waals surface area contributed by atoms with Gasteiger partial charge in [-0.05, 0) is 103 Å². The predicted molar refractivity (Wildman–Crippen MR) is 169 cm³/mol. The first-order valence-electron chi connectivity index (χ1n) is 14.3. The van der Waals surface area contributed by atoms with Crippen LogP contribution in [0.5, 0.6) is 0 Å². The van der Waals surface area contributed by atoms with Crippen molar-refractivity contribution in [1.29, 1.82) is 0 Å². The van der Waals surface area contributed by atoms with E-state index < -0.39 is 16.1 Å². The molecule has 1 saturated carbocycles. The number of aromatic amines is 1. The van der Waals surface area contributed by atoms with Crippen molar-refractivity contribution in [1.82, 2.24) is 20.5 Å². The van der Waals surface area contributed by atoms with E-state index >= 15 is 0 Å². The van der Waals surface area contributed by atoms with Crippen molar-refractivity contribution in [2.24, 2.45) is 22.7 Å². The van der Waals surface area contributed by atoms with Gasteiger partial charge in [-0.2, -0.15) is 0 Å². The molecule has 2 amide bonds. The van der Waals surface area contributed by atoms with Crippen LogP contribution in [0.1, 0.15) is 31.2 Å². The topological polar surface area (TPSA) is 186 Å². The van der Waals surface area contributed by atoms with Crippen molar-refractivity contribution in [3.8, 4) is 22.5 Å². The number of primary sulfonamides is 1. The van der Waals surface area contributed by atoms with Gasteiger partial charge in [0, 0.05) is 23.6 Å². The minimum Gasteiger partial charge on any atom is -0.344 e. The summed E-state index contributed by atoms with van der Waals surface area (Å²) in [6.07, 6.45) is 3.55. The fourth-order valence-corrected chi connectivity index (χ4v) is 6.02. The summed E-state index contributed by atoms with van der Waals surface area (Å²) < 4.78 is 23.2. The minimum atomic E-state index is -3.78. The van der Waals surface area contributed by atoms with Gasteiger partial charge in [-0.1, -0.05) is 36.4 Å². The summed E-state index contributed by atoms with van der Waals surface area (Å²) >= 11 is 5.83. The van der Waals surface area contributed by atoms with Crippen molar-refractivity contribution >= 4 is 39.1 Å². The quantitative estimate of drug-likeness (QED) is 0.175. The molecule has 0 spiro atoms. The van der Waals surface area contributed by atoms with Crippen LogP contribution in [0.4, 0.5) is 5.69 Å². The lowest BCUT2D eigenvalue weighted by atomic mass is 9.81. The highest BCUT2D eigenvalue weighted by Gasteiger charge is 2.29. The van der Waals surface area contributed by atoms with E-state index in [4.69, 9.17) is 22.5 Å². The number of H-pyrrole nitrogens is 1. The van der Waals surface area contributed by atoms with Gasteiger partial charge in [0.05, 0.1) is 4.90 Å². The van der Waals surface area contributed by atoms with Crippen molar-refractivity contribution in [2.75, 3.05) is 11.9 Å². The van der Waals surface area contributed by atoms with Gasteiger partial charge in [0.25, 0.3) is 0 Å². The Morgan fingerprint density at radius 3 is 2.02 bits per heavy atom. The highest BCUT2D eigenvalue weighted by Crippen LogP contribution is 2.29. The van der Waals surface area contributed by atoms with Crippen molar-refractivity contribution in [3.63, 3.8) is 0 Å². The maximum Gasteiger partial charge on any atom is 0.247 e. The molecule has 5 rings (SSSR count). The Kier molecular flexibility index (Phi) is 9.74. The summed E-state index contributed by atoms with van der Waals surface area (Å²) in [7, 11) is -3.78. The van der Waals surface area contributed by atoms with Crippen LogP contribution in [-0.2, 0) is 26.0 Å². The molecular weight excluding hydrogens is 602 g/mol. The summed E-state index contributed by atoms with van der Waals surface area (Å²) in [5.41, 5.74) is 9.66. The van der Waals surface area contributed by atoms with E-state index in [1.54, 1.807) is 36.4 Å². The van der Waals surface area contributed by atoms with Crippen molar-refractivity contribution in [2.45, 2.75) is 43.0 Å². The summed E-state index contributed by atoms with van der Waals surface area (Å²) in [5, 5.41) is 19.0. The zero-order valence-corrected chi connectivity index (χ0v) is 25.4. The molecule has 1 fully saturated rings. The van der Waals surface area contributed by atoms with Crippen LogP contribution in [-0.4, -0.2) is 48.0 Å². The molecule has 0 aliphatic heterocycles. The van der Waals surface area contributed by atoms with E-state index in [2.05, 4.69) is 25.8 Å².